The number of oxime groups is 2. The second-order valence-corrected chi connectivity index (χ2v) is 4.40. The third kappa shape index (κ3) is 4.21. The Morgan fingerprint density at radius 3 is 2.14 bits per heavy atom. The largest absolute Gasteiger partial charge is 0.411 e. The van der Waals surface area contributed by atoms with Crippen molar-refractivity contribution in [1.82, 2.24) is 0 Å². The lowest BCUT2D eigenvalue weighted by Gasteiger charge is -2.13. The molecule has 0 unspecified atom stereocenters. The Labute approximate surface area is 128 Å². The predicted octanol–water partition coefficient (Wildman–Crippen LogP) is 2.88. The molecule has 0 amide bonds. The predicted molar refractivity (Wildman–Crippen MR) is 83.8 cm³/mol. The summed E-state index contributed by atoms with van der Waals surface area (Å²) in [5, 5.41) is 7.78. The number of benzene rings is 1. The second-order valence-electron chi connectivity index (χ2n) is 4.04. The first kappa shape index (κ1) is 17.0. The third-order valence-corrected chi connectivity index (χ3v) is 3.07. The van der Waals surface area contributed by atoms with Gasteiger partial charge in [-0.15, -0.1) is 0 Å². The normalized spacial score (nSPS) is 13.6. The van der Waals surface area contributed by atoms with Crippen LogP contribution < -0.4 is 5.90 Å². The van der Waals surface area contributed by atoms with Crippen LogP contribution in [-0.4, -0.2) is 25.1 Å². The van der Waals surface area contributed by atoms with Crippen LogP contribution >= 0.6 is 11.6 Å². The molecule has 0 fully saturated rings. The van der Waals surface area contributed by atoms with Crippen LogP contribution in [0.2, 0.25) is 0 Å². The van der Waals surface area contributed by atoms with Gasteiger partial charge in [-0.05, 0) is 13.8 Å². The Morgan fingerprint density at radius 1 is 1.05 bits per heavy atom. The summed E-state index contributed by atoms with van der Waals surface area (Å²) >= 11 is 6.11. The van der Waals surface area contributed by atoms with Gasteiger partial charge in [-0.1, -0.05) is 46.2 Å². The van der Waals surface area contributed by atoms with E-state index in [1.54, 1.807) is 13.0 Å². The van der Waals surface area contributed by atoms with Gasteiger partial charge >= 0.3 is 0 Å². The standard InChI is InChI=1S/C14H18ClN3O3/c1-9(10(2)17-19-3)13(21-16)11-7-5-6-8-12(11)14(15)18-20-4/h5-8H,16H2,1-4H3/b13-9-,17-10+,18-14+. The maximum Gasteiger partial charge on any atom is 0.176 e. The Hall–Kier alpha value is -2.05. The number of rotatable bonds is 6. The van der Waals surface area contributed by atoms with Crippen molar-refractivity contribution in [2.45, 2.75) is 13.8 Å². The molecule has 0 bridgehead atoms. The molecule has 0 radical (unpaired) electrons. The van der Waals surface area contributed by atoms with Gasteiger partial charge in [-0.25, -0.2) is 0 Å². The molecule has 1 rings (SSSR count). The number of halogens is 1. The molecule has 1 aromatic rings. The number of hydrogen-bond donors (Lipinski definition) is 1. The average molecular weight is 312 g/mol. The summed E-state index contributed by atoms with van der Waals surface area (Å²) in [5.41, 5.74) is 2.65. The minimum absolute atomic E-state index is 0.191. The monoisotopic (exact) mass is 311 g/mol. The lowest BCUT2D eigenvalue weighted by atomic mass is 10.0. The van der Waals surface area contributed by atoms with E-state index in [-0.39, 0.29) is 5.17 Å². The van der Waals surface area contributed by atoms with E-state index in [0.29, 0.717) is 28.2 Å². The molecule has 21 heavy (non-hydrogen) atoms. The molecular weight excluding hydrogens is 294 g/mol. The summed E-state index contributed by atoms with van der Waals surface area (Å²) in [5.74, 6) is 5.84. The van der Waals surface area contributed by atoms with E-state index >= 15 is 0 Å². The molecule has 0 aromatic heterocycles. The maximum atomic E-state index is 6.11. The molecule has 0 aliphatic carbocycles. The molecule has 0 spiro atoms. The molecular formula is C14H18ClN3O3. The molecule has 7 heteroatoms. The molecule has 1 aromatic carbocycles. The van der Waals surface area contributed by atoms with Gasteiger partial charge in [0, 0.05) is 16.7 Å². The molecule has 2 N–H and O–H groups in total. The second kappa shape index (κ2) is 8.28. The van der Waals surface area contributed by atoms with Crippen LogP contribution in [0.1, 0.15) is 25.0 Å². The summed E-state index contributed by atoms with van der Waals surface area (Å²) in [6.07, 6.45) is 0. The Bertz CT molecular complexity index is 583. The van der Waals surface area contributed by atoms with E-state index in [0.717, 1.165) is 0 Å². The molecule has 0 saturated carbocycles. The minimum atomic E-state index is 0.191. The van der Waals surface area contributed by atoms with Gasteiger partial charge in [0.25, 0.3) is 0 Å². The first-order chi connectivity index (χ1) is 10.1. The zero-order valence-corrected chi connectivity index (χ0v) is 13.1. The Morgan fingerprint density at radius 2 is 1.62 bits per heavy atom. The first-order valence-corrected chi connectivity index (χ1v) is 6.46. The third-order valence-electron chi connectivity index (χ3n) is 2.79. The van der Waals surface area contributed by atoms with Crippen molar-refractivity contribution >= 4 is 28.2 Å². The lowest BCUT2D eigenvalue weighted by Crippen LogP contribution is -2.09. The molecule has 114 valence electrons. The van der Waals surface area contributed by atoms with Gasteiger partial charge in [-0.2, -0.15) is 5.90 Å². The number of nitrogens with zero attached hydrogens (tertiary/aromatic N) is 2. The fourth-order valence-electron chi connectivity index (χ4n) is 1.71. The van der Waals surface area contributed by atoms with Gasteiger partial charge in [0.15, 0.2) is 10.9 Å². The van der Waals surface area contributed by atoms with Gasteiger partial charge in [-0.3, -0.25) is 0 Å². The van der Waals surface area contributed by atoms with Crippen molar-refractivity contribution in [3.05, 3.63) is 41.0 Å². The number of allylic oxidation sites excluding steroid dienone is 1. The molecule has 0 atom stereocenters. The van der Waals surface area contributed by atoms with Gasteiger partial charge in [0.2, 0.25) is 0 Å². The van der Waals surface area contributed by atoms with Crippen LogP contribution in [0, 0.1) is 0 Å². The van der Waals surface area contributed by atoms with E-state index < -0.39 is 0 Å². The van der Waals surface area contributed by atoms with Crippen molar-refractivity contribution < 1.29 is 14.5 Å². The molecule has 0 heterocycles. The van der Waals surface area contributed by atoms with Crippen LogP contribution in [0.4, 0.5) is 0 Å². The highest BCUT2D eigenvalue weighted by Gasteiger charge is 2.16. The molecule has 0 saturated heterocycles. The summed E-state index contributed by atoms with van der Waals surface area (Å²) in [7, 11) is 2.89. The van der Waals surface area contributed by atoms with Crippen LogP contribution in [0.5, 0.6) is 0 Å². The molecule has 0 aliphatic heterocycles. The van der Waals surface area contributed by atoms with Crippen LogP contribution in [0.3, 0.4) is 0 Å². The van der Waals surface area contributed by atoms with Crippen molar-refractivity contribution in [3.63, 3.8) is 0 Å². The highest BCUT2D eigenvalue weighted by Crippen LogP contribution is 2.25. The van der Waals surface area contributed by atoms with Gasteiger partial charge in [0.1, 0.15) is 14.2 Å². The SMILES string of the molecule is CO/N=C(C)/C(C)=C(\ON)c1ccccc1/C(Cl)=N\OC. The topological polar surface area (TPSA) is 78.4 Å². The zero-order valence-electron chi connectivity index (χ0n) is 12.4. The smallest absolute Gasteiger partial charge is 0.176 e. The minimum Gasteiger partial charge on any atom is -0.411 e. The summed E-state index contributed by atoms with van der Waals surface area (Å²) < 4.78 is 0. The number of nitrogens with two attached hydrogens (primary N) is 1. The van der Waals surface area contributed by atoms with Gasteiger partial charge in [0.05, 0.1) is 5.71 Å². The highest BCUT2D eigenvalue weighted by atomic mass is 35.5. The van der Waals surface area contributed by atoms with Crippen LogP contribution in [-0.2, 0) is 14.5 Å². The van der Waals surface area contributed by atoms with Crippen LogP contribution in [0.15, 0.2) is 40.1 Å². The Balaban J connectivity index is 3.46. The van der Waals surface area contributed by atoms with E-state index in [2.05, 4.69) is 10.3 Å². The van der Waals surface area contributed by atoms with E-state index in [1.807, 2.05) is 25.1 Å². The summed E-state index contributed by atoms with van der Waals surface area (Å²) in [6, 6.07) is 7.26. The maximum absolute atomic E-state index is 6.11. The Kier molecular flexibility index (Phi) is 6.71. The highest BCUT2D eigenvalue weighted by molar-refractivity contribution is 6.69. The van der Waals surface area contributed by atoms with Crippen molar-refractivity contribution in [2.24, 2.45) is 16.2 Å². The van der Waals surface area contributed by atoms with E-state index in [4.69, 9.17) is 32.0 Å². The van der Waals surface area contributed by atoms with Crippen LogP contribution in [0.25, 0.3) is 5.76 Å². The molecule has 0 aliphatic rings. The average Bonchev–Trinajstić information content (AvgIpc) is 2.49. The zero-order chi connectivity index (χ0) is 15.8. The van der Waals surface area contributed by atoms with Crippen molar-refractivity contribution in [3.8, 4) is 0 Å². The quantitative estimate of drug-likeness (QED) is 0.498. The van der Waals surface area contributed by atoms with Crippen molar-refractivity contribution in [2.75, 3.05) is 14.2 Å². The first-order valence-electron chi connectivity index (χ1n) is 6.09. The van der Waals surface area contributed by atoms with E-state index in [1.165, 1.54) is 14.2 Å². The fraction of sp³-hybridized carbons (Fsp3) is 0.286. The van der Waals surface area contributed by atoms with E-state index in [9.17, 15) is 0 Å². The van der Waals surface area contributed by atoms with Gasteiger partial charge < -0.3 is 14.5 Å². The van der Waals surface area contributed by atoms with Crippen molar-refractivity contribution in [1.29, 1.82) is 0 Å². The molecule has 6 nitrogen and oxygen atoms in total. The summed E-state index contributed by atoms with van der Waals surface area (Å²) in [6.45, 7) is 3.60. The lowest BCUT2D eigenvalue weighted by molar-refractivity contribution is 0.213. The fourth-order valence-corrected chi connectivity index (χ4v) is 1.95. The summed E-state index contributed by atoms with van der Waals surface area (Å²) in [4.78, 5) is 14.5. The number of hydrogen-bond acceptors (Lipinski definition) is 6.